The maximum atomic E-state index is 12.5. The van der Waals surface area contributed by atoms with Crippen LogP contribution in [0.4, 0.5) is 0 Å². The van der Waals surface area contributed by atoms with Crippen molar-refractivity contribution in [1.82, 2.24) is 4.98 Å². The molecular weight excluding hydrogens is 426 g/mol. The quantitative estimate of drug-likeness (QED) is 0.544. The van der Waals surface area contributed by atoms with Crippen LogP contribution in [0.5, 0.6) is 17.2 Å². The van der Waals surface area contributed by atoms with Crippen LogP contribution in [0.1, 0.15) is 22.7 Å². The summed E-state index contributed by atoms with van der Waals surface area (Å²) in [6, 6.07) is 17.3. The van der Waals surface area contributed by atoms with E-state index in [1.807, 2.05) is 6.07 Å². The van der Waals surface area contributed by atoms with Gasteiger partial charge in [-0.3, -0.25) is 9.78 Å². The summed E-state index contributed by atoms with van der Waals surface area (Å²) in [5.74, 6) is -2.34. The number of carboxylic acid groups (broad SMARTS) is 1. The molecule has 1 unspecified atom stereocenters. The highest BCUT2D eigenvalue weighted by atomic mass is 16.5. The molecule has 0 spiro atoms. The third kappa shape index (κ3) is 2.71. The maximum absolute atomic E-state index is 12.5. The first-order chi connectivity index (χ1) is 15.9. The number of carboxylic acids is 1. The lowest BCUT2D eigenvalue weighted by Gasteiger charge is -2.40. The van der Waals surface area contributed by atoms with Gasteiger partial charge in [-0.05, 0) is 23.3 Å². The number of benzene rings is 2. The molecule has 5 atom stereocenters. The Morgan fingerprint density at radius 2 is 1.70 bits per heavy atom. The van der Waals surface area contributed by atoms with E-state index in [2.05, 4.69) is 4.98 Å². The van der Waals surface area contributed by atoms with Gasteiger partial charge in [0.2, 0.25) is 0 Å². The molecule has 0 saturated heterocycles. The molecule has 2 heterocycles. The number of rotatable bonds is 5. The predicted molar refractivity (Wildman–Crippen MR) is 116 cm³/mol. The third-order valence-electron chi connectivity index (χ3n) is 6.79. The van der Waals surface area contributed by atoms with Gasteiger partial charge in [0.05, 0.1) is 26.3 Å². The highest BCUT2D eigenvalue weighted by Gasteiger charge is 2.78. The van der Waals surface area contributed by atoms with Crippen molar-refractivity contribution in [2.24, 2.45) is 5.92 Å². The molecule has 2 aromatic carbocycles. The second-order valence-electron chi connectivity index (χ2n) is 8.25. The van der Waals surface area contributed by atoms with Crippen LogP contribution < -0.4 is 14.2 Å². The van der Waals surface area contributed by atoms with Crippen molar-refractivity contribution >= 4 is 5.97 Å². The Labute approximate surface area is 190 Å². The van der Waals surface area contributed by atoms with E-state index in [4.69, 9.17) is 14.2 Å². The van der Waals surface area contributed by atoms with Gasteiger partial charge in [0, 0.05) is 12.0 Å². The first kappa shape index (κ1) is 21.2. The lowest BCUT2D eigenvalue weighted by molar-refractivity contribution is -0.160. The molecule has 3 N–H and O–H groups in total. The van der Waals surface area contributed by atoms with Crippen molar-refractivity contribution in [3.63, 3.8) is 0 Å². The van der Waals surface area contributed by atoms with Gasteiger partial charge >= 0.3 is 5.97 Å². The summed E-state index contributed by atoms with van der Waals surface area (Å²) in [6.45, 7) is 0. The maximum Gasteiger partial charge on any atom is 0.310 e. The third-order valence-corrected chi connectivity index (χ3v) is 6.79. The molecule has 1 aliphatic carbocycles. The van der Waals surface area contributed by atoms with Gasteiger partial charge in [-0.1, -0.05) is 42.5 Å². The molecule has 0 amide bonds. The van der Waals surface area contributed by atoms with Crippen LogP contribution in [0.25, 0.3) is 0 Å². The van der Waals surface area contributed by atoms with Crippen molar-refractivity contribution in [3.8, 4) is 17.2 Å². The molecule has 2 aliphatic rings. The molecule has 1 saturated carbocycles. The topological polar surface area (TPSA) is 118 Å². The molecule has 3 aromatic rings. The van der Waals surface area contributed by atoms with Crippen molar-refractivity contribution < 1.29 is 34.3 Å². The van der Waals surface area contributed by atoms with E-state index in [-0.39, 0.29) is 11.4 Å². The Morgan fingerprint density at radius 1 is 1.03 bits per heavy atom. The predicted octanol–water partition coefficient (Wildman–Crippen LogP) is 2.43. The van der Waals surface area contributed by atoms with E-state index < -0.39 is 35.1 Å². The van der Waals surface area contributed by atoms with Crippen LogP contribution in [0.15, 0.2) is 66.9 Å². The number of aliphatic hydroxyl groups is 2. The first-order valence-corrected chi connectivity index (χ1v) is 10.4. The van der Waals surface area contributed by atoms with Gasteiger partial charge in [-0.2, -0.15) is 0 Å². The molecule has 1 fully saturated rings. The lowest BCUT2D eigenvalue weighted by Crippen LogP contribution is -2.52. The van der Waals surface area contributed by atoms with Crippen LogP contribution in [-0.2, 0) is 16.0 Å². The summed E-state index contributed by atoms with van der Waals surface area (Å²) in [4.78, 5) is 16.8. The number of aliphatic hydroxyl groups excluding tert-OH is 1. The lowest BCUT2D eigenvalue weighted by atomic mass is 9.71. The molecule has 170 valence electrons. The molecule has 0 bridgehead atoms. The van der Waals surface area contributed by atoms with E-state index in [0.717, 1.165) is 0 Å². The molecular formula is C25H23NO7. The molecule has 0 radical (unpaired) electrons. The van der Waals surface area contributed by atoms with Gasteiger partial charge in [-0.25, -0.2) is 0 Å². The van der Waals surface area contributed by atoms with Crippen molar-refractivity contribution in [1.29, 1.82) is 0 Å². The number of carbonyl (C=O) groups is 1. The zero-order valence-corrected chi connectivity index (χ0v) is 18.0. The van der Waals surface area contributed by atoms with E-state index in [9.17, 15) is 20.1 Å². The summed E-state index contributed by atoms with van der Waals surface area (Å²) in [7, 11) is 3.02. The van der Waals surface area contributed by atoms with Crippen molar-refractivity contribution in [2.45, 2.75) is 23.2 Å². The minimum Gasteiger partial charge on any atom is -0.497 e. The summed E-state index contributed by atoms with van der Waals surface area (Å²) in [6.07, 6.45) is -0.299. The summed E-state index contributed by atoms with van der Waals surface area (Å²) in [5.41, 5.74) is -2.66. The van der Waals surface area contributed by atoms with Crippen LogP contribution in [0, 0.1) is 5.92 Å². The number of ether oxygens (including phenoxy) is 3. The van der Waals surface area contributed by atoms with Crippen molar-refractivity contribution in [3.05, 3.63) is 83.7 Å². The number of hydrogen-bond acceptors (Lipinski definition) is 7. The number of aromatic nitrogens is 1. The zero-order valence-electron chi connectivity index (χ0n) is 18.0. The van der Waals surface area contributed by atoms with Crippen molar-refractivity contribution in [2.75, 3.05) is 14.2 Å². The molecule has 1 aromatic heterocycles. The molecule has 33 heavy (non-hydrogen) atoms. The first-order valence-electron chi connectivity index (χ1n) is 10.4. The number of aliphatic carboxylic acids is 1. The Bertz CT molecular complexity index is 1200. The molecule has 8 heteroatoms. The Kier molecular flexibility index (Phi) is 4.81. The molecule has 8 nitrogen and oxygen atoms in total. The van der Waals surface area contributed by atoms with Crippen LogP contribution in [0.3, 0.4) is 0 Å². The fraction of sp³-hybridized carbons (Fsp3) is 0.280. The minimum atomic E-state index is -2.15. The van der Waals surface area contributed by atoms with Gasteiger partial charge in [0.15, 0.2) is 11.2 Å². The minimum absolute atomic E-state index is 0.0660. The van der Waals surface area contributed by atoms with E-state index in [1.54, 1.807) is 54.6 Å². The Hall–Kier alpha value is -3.62. The number of nitrogens with zero attached hydrogens (tertiary/aromatic N) is 1. The zero-order chi connectivity index (χ0) is 23.4. The SMILES string of the molecule is COc1ccc([C@@]23Oc4cc(OC)cnc4C2(O)[C@H](O)[C@H](C(=O)O)[C@H]3c2ccccc2)cc1. The normalized spacial score (nSPS) is 29.6. The van der Waals surface area contributed by atoms with E-state index >= 15 is 0 Å². The number of methoxy groups -OCH3 is 2. The second kappa shape index (κ2) is 7.47. The highest BCUT2D eigenvalue weighted by molar-refractivity contribution is 5.76. The van der Waals surface area contributed by atoms with Gasteiger partial charge in [0.25, 0.3) is 0 Å². The monoisotopic (exact) mass is 449 g/mol. The second-order valence-corrected chi connectivity index (χ2v) is 8.25. The van der Waals surface area contributed by atoms with Gasteiger partial charge in [-0.15, -0.1) is 0 Å². The highest BCUT2D eigenvalue weighted by Crippen LogP contribution is 2.68. The summed E-state index contributed by atoms with van der Waals surface area (Å²) >= 11 is 0. The molecule has 1 aliphatic heterocycles. The van der Waals surface area contributed by atoms with Crippen LogP contribution in [0.2, 0.25) is 0 Å². The fourth-order valence-corrected chi connectivity index (χ4v) is 5.36. The average Bonchev–Trinajstić information content (AvgIpc) is 3.22. The van der Waals surface area contributed by atoms with Crippen LogP contribution >= 0.6 is 0 Å². The Balaban J connectivity index is 1.84. The fourth-order valence-electron chi connectivity index (χ4n) is 5.36. The number of fused-ring (bicyclic) bond motifs is 3. The van der Waals surface area contributed by atoms with Gasteiger partial charge < -0.3 is 29.5 Å². The number of hydrogen-bond donors (Lipinski definition) is 3. The summed E-state index contributed by atoms with van der Waals surface area (Å²) in [5, 5.41) is 33.8. The van der Waals surface area contributed by atoms with Crippen LogP contribution in [-0.4, -0.2) is 46.6 Å². The van der Waals surface area contributed by atoms with E-state index in [0.29, 0.717) is 22.6 Å². The largest absolute Gasteiger partial charge is 0.497 e. The smallest absolute Gasteiger partial charge is 0.310 e. The summed E-state index contributed by atoms with van der Waals surface area (Å²) < 4.78 is 17.0. The average molecular weight is 449 g/mol. The Morgan fingerprint density at radius 3 is 2.30 bits per heavy atom. The number of pyridine rings is 1. The van der Waals surface area contributed by atoms with E-state index in [1.165, 1.54) is 20.4 Å². The standard InChI is InChI=1S/C25H23NO7/c1-31-16-10-8-15(9-11-16)25-20(14-6-4-3-5-7-14)19(23(28)29)22(27)24(25,30)21-18(33-25)12-17(32-2)13-26-21/h3-13,19-20,22,27,30H,1-2H3,(H,28,29)/t19-,20-,22-,24?,25+/m1/s1. The van der Waals surface area contributed by atoms with Gasteiger partial charge in [0.1, 0.15) is 29.0 Å². The molecule has 5 rings (SSSR count).